The molecule has 4 rings (SSSR count). The zero-order valence-corrected chi connectivity index (χ0v) is 17.2. The van der Waals surface area contributed by atoms with Crippen molar-refractivity contribution in [1.82, 2.24) is 4.90 Å². The Morgan fingerprint density at radius 2 is 1.93 bits per heavy atom. The van der Waals surface area contributed by atoms with Crippen molar-refractivity contribution in [3.05, 3.63) is 57.3 Å². The van der Waals surface area contributed by atoms with Crippen molar-refractivity contribution in [2.75, 3.05) is 13.2 Å². The molecule has 1 atom stereocenters. The van der Waals surface area contributed by atoms with E-state index in [1.165, 1.54) is 16.0 Å². The minimum atomic E-state index is -0.500. The average molecular weight is 412 g/mol. The van der Waals surface area contributed by atoms with Gasteiger partial charge in [-0.05, 0) is 60.7 Å². The number of esters is 1. The summed E-state index contributed by atoms with van der Waals surface area (Å²) in [6.07, 6.45) is 5.23. The largest absolute Gasteiger partial charge is 0.456 e. The van der Waals surface area contributed by atoms with Crippen LogP contribution in [-0.2, 0) is 27.2 Å². The van der Waals surface area contributed by atoms with Gasteiger partial charge in [-0.2, -0.15) is 0 Å². The van der Waals surface area contributed by atoms with Gasteiger partial charge in [0.1, 0.15) is 0 Å². The third kappa shape index (κ3) is 4.58. The van der Waals surface area contributed by atoms with Gasteiger partial charge in [-0.25, -0.2) is 0 Å². The first-order valence-corrected chi connectivity index (χ1v) is 11.1. The smallest absolute Gasteiger partial charge is 0.306 e. The number of aryl methyl sites for hydroxylation is 2. The van der Waals surface area contributed by atoms with E-state index in [1.54, 1.807) is 16.2 Å². The summed E-state index contributed by atoms with van der Waals surface area (Å²) in [7, 11) is 0. The monoisotopic (exact) mass is 411 g/mol. The highest BCUT2D eigenvalue weighted by atomic mass is 32.1. The second-order valence-corrected chi connectivity index (χ2v) is 8.66. The standard InChI is InChI=1S/C23H25NO4S/c25-20(18-9-8-16-4-1-5-17(16)14-18)10-11-23(27)28-15-22(26)24-12-2-6-19(24)21-7-3-13-29-21/h3,7-9,13-14,19H,1-2,4-6,10-12,15H2. The molecule has 1 aromatic carbocycles. The Morgan fingerprint density at radius 3 is 2.76 bits per heavy atom. The Morgan fingerprint density at radius 1 is 1.07 bits per heavy atom. The maximum Gasteiger partial charge on any atom is 0.306 e. The molecule has 1 amide bonds. The molecule has 1 saturated heterocycles. The topological polar surface area (TPSA) is 63.7 Å². The van der Waals surface area contributed by atoms with Gasteiger partial charge in [-0.3, -0.25) is 14.4 Å². The lowest BCUT2D eigenvalue weighted by atomic mass is 10.0. The van der Waals surface area contributed by atoms with Crippen molar-refractivity contribution in [2.24, 2.45) is 0 Å². The third-order valence-electron chi connectivity index (χ3n) is 5.78. The minimum Gasteiger partial charge on any atom is -0.456 e. The second-order valence-electron chi connectivity index (χ2n) is 7.68. The number of rotatable bonds is 7. The fourth-order valence-corrected chi connectivity index (χ4v) is 5.12. The molecular formula is C23H25NO4S. The van der Waals surface area contributed by atoms with Gasteiger partial charge in [0.25, 0.3) is 5.91 Å². The van der Waals surface area contributed by atoms with E-state index < -0.39 is 5.97 Å². The lowest BCUT2D eigenvalue weighted by Gasteiger charge is -2.23. The van der Waals surface area contributed by atoms with Gasteiger partial charge in [-0.15, -0.1) is 11.3 Å². The van der Waals surface area contributed by atoms with Crippen LogP contribution in [0.3, 0.4) is 0 Å². The number of ketones is 1. The predicted molar refractivity (Wildman–Crippen MR) is 111 cm³/mol. The second kappa shape index (κ2) is 8.91. The molecule has 2 aromatic rings. The summed E-state index contributed by atoms with van der Waals surface area (Å²) < 4.78 is 5.16. The Balaban J connectivity index is 1.23. The van der Waals surface area contributed by atoms with Crippen LogP contribution in [0.1, 0.15) is 64.5 Å². The van der Waals surface area contributed by atoms with E-state index in [9.17, 15) is 14.4 Å². The van der Waals surface area contributed by atoms with E-state index in [0.29, 0.717) is 12.1 Å². The molecule has 6 heteroatoms. The molecule has 1 aliphatic carbocycles. The first-order chi connectivity index (χ1) is 14.1. The number of hydrogen-bond acceptors (Lipinski definition) is 5. The molecular weight excluding hydrogens is 386 g/mol. The third-order valence-corrected chi connectivity index (χ3v) is 6.75. The Bertz CT molecular complexity index is 906. The number of likely N-dealkylation sites (tertiary alicyclic amines) is 1. The summed E-state index contributed by atoms with van der Waals surface area (Å²) in [5.41, 5.74) is 3.22. The van der Waals surface area contributed by atoms with E-state index in [4.69, 9.17) is 4.74 Å². The molecule has 29 heavy (non-hydrogen) atoms. The first kappa shape index (κ1) is 19.8. The zero-order chi connectivity index (χ0) is 20.2. The van der Waals surface area contributed by atoms with Crippen molar-refractivity contribution in [3.63, 3.8) is 0 Å². The normalized spacial score (nSPS) is 17.9. The predicted octanol–water partition coefficient (Wildman–Crippen LogP) is 4.11. The quantitative estimate of drug-likeness (QED) is 0.508. The van der Waals surface area contributed by atoms with Gasteiger partial charge in [0, 0.05) is 23.4 Å². The molecule has 2 aliphatic rings. The SMILES string of the molecule is O=C(CCC(=O)c1ccc2c(c1)CCC2)OCC(=O)N1CCCC1c1cccs1. The number of ether oxygens (including phenoxy) is 1. The van der Waals surface area contributed by atoms with Crippen LogP contribution >= 0.6 is 11.3 Å². The van der Waals surface area contributed by atoms with Gasteiger partial charge < -0.3 is 9.64 Å². The number of Topliss-reactive ketones (excluding diaryl/α,β-unsaturated/α-hetero) is 1. The lowest BCUT2D eigenvalue weighted by molar-refractivity contribution is -0.152. The highest BCUT2D eigenvalue weighted by Crippen LogP contribution is 2.34. The van der Waals surface area contributed by atoms with Crippen LogP contribution in [-0.4, -0.2) is 35.7 Å². The summed E-state index contributed by atoms with van der Waals surface area (Å²) >= 11 is 1.64. The fraction of sp³-hybridized carbons (Fsp3) is 0.435. The van der Waals surface area contributed by atoms with Gasteiger partial charge in [0.05, 0.1) is 12.5 Å². The van der Waals surface area contributed by atoms with Crippen LogP contribution in [0.25, 0.3) is 0 Å². The summed E-state index contributed by atoms with van der Waals surface area (Å²) in [6.45, 7) is 0.434. The van der Waals surface area contributed by atoms with Crippen LogP contribution < -0.4 is 0 Å². The van der Waals surface area contributed by atoms with E-state index >= 15 is 0 Å². The summed E-state index contributed by atoms with van der Waals surface area (Å²) in [4.78, 5) is 39.9. The molecule has 0 N–H and O–H groups in total. The maximum absolute atomic E-state index is 12.5. The number of hydrogen-bond donors (Lipinski definition) is 0. The number of carbonyl (C=O) groups excluding carboxylic acids is 3. The van der Waals surface area contributed by atoms with Gasteiger partial charge >= 0.3 is 5.97 Å². The van der Waals surface area contributed by atoms with E-state index in [1.807, 2.05) is 35.7 Å². The average Bonchev–Trinajstić information content (AvgIpc) is 3.49. The van der Waals surface area contributed by atoms with Gasteiger partial charge in [0.2, 0.25) is 0 Å². The van der Waals surface area contributed by atoms with Gasteiger partial charge in [0.15, 0.2) is 12.4 Å². The molecule has 0 saturated carbocycles. The number of carbonyl (C=O) groups is 3. The van der Waals surface area contributed by atoms with Crippen molar-refractivity contribution >= 4 is 29.0 Å². The Kier molecular flexibility index (Phi) is 6.09. The lowest BCUT2D eigenvalue weighted by Crippen LogP contribution is -2.34. The van der Waals surface area contributed by atoms with E-state index in [0.717, 1.165) is 32.1 Å². The number of amides is 1. The molecule has 0 radical (unpaired) electrons. The molecule has 1 aromatic heterocycles. The Labute approximate surface area is 174 Å². The molecule has 2 heterocycles. The summed E-state index contributed by atoms with van der Waals surface area (Å²) in [5, 5.41) is 2.01. The molecule has 152 valence electrons. The highest BCUT2D eigenvalue weighted by Gasteiger charge is 2.31. The van der Waals surface area contributed by atoms with Crippen molar-refractivity contribution in [3.8, 4) is 0 Å². The van der Waals surface area contributed by atoms with Crippen molar-refractivity contribution < 1.29 is 19.1 Å². The molecule has 1 aliphatic heterocycles. The molecule has 5 nitrogen and oxygen atoms in total. The van der Waals surface area contributed by atoms with Crippen LogP contribution in [0, 0.1) is 0 Å². The van der Waals surface area contributed by atoms with E-state index in [-0.39, 0.29) is 37.2 Å². The Hall–Kier alpha value is -2.47. The fourth-order valence-electron chi connectivity index (χ4n) is 4.24. The van der Waals surface area contributed by atoms with Crippen molar-refractivity contribution in [2.45, 2.75) is 51.0 Å². The van der Waals surface area contributed by atoms with Crippen molar-refractivity contribution in [1.29, 1.82) is 0 Å². The zero-order valence-electron chi connectivity index (χ0n) is 16.4. The number of benzene rings is 1. The van der Waals surface area contributed by atoms with Crippen LogP contribution in [0.5, 0.6) is 0 Å². The molecule has 0 bridgehead atoms. The summed E-state index contributed by atoms with van der Waals surface area (Å²) in [5.74, 6) is -0.723. The highest BCUT2D eigenvalue weighted by molar-refractivity contribution is 7.10. The number of fused-ring (bicyclic) bond motifs is 1. The van der Waals surface area contributed by atoms with Crippen LogP contribution in [0.15, 0.2) is 35.7 Å². The molecule has 0 spiro atoms. The van der Waals surface area contributed by atoms with Crippen LogP contribution in [0.2, 0.25) is 0 Å². The summed E-state index contributed by atoms with van der Waals surface area (Å²) in [6, 6.07) is 9.93. The first-order valence-electron chi connectivity index (χ1n) is 10.3. The van der Waals surface area contributed by atoms with E-state index in [2.05, 4.69) is 0 Å². The molecule has 1 fully saturated rings. The number of nitrogens with zero attached hydrogens (tertiary/aromatic N) is 1. The maximum atomic E-state index is 12.5. The molecule has 1 unspecified atom stereocenters. The minimum absolute atomic E-state index is 0.00243. The van der Waals surface area contributed by atoms with Crippen LogP contribution in [0.4, 0.5) is 0 Å². The number of thiophene rings is 1. The van der Waals surface area contributed by atoms with Gasteiger partial charge in [-0.1, -0.05) is 18.2 Å².